The molecule has 0 unspecified atom stereocenters. The lowest BCUT2D eigenvalue weighted by Crippen LogP contribution is -2.10. The Morgan fingerprint density at radius 3 is 2.47 bits per heavy atom. The van der Waals surface area contributed by atoms with Crippen LogP contribution in [-0.2, 0) is 14.3 Å². The van der Waals surface area contributed by atoms with Gasteiger partial charge in [0.2, 0.25) is 0 Å². The van der Waals surface area contributed by atoms with Gasteiger partial charge in [-0.1, -0.05) is 30.3 Å². The Morgan fingerprint density at radius 1 is 1.29 bits per heavy atom. The van der Waals surface area contributed by atoms with E-state index < -0.39 is 11.9 Å². The first-order valence-corrected chi connectivity index (χ1v) is 5.28. The molecule has 1 N–H and O–H groups in total. The highest BCUT2D eigenvalue weighted by molar-refractivity contribution is 5.97. The van der Waals surface area contributed by atoms with Crippen LogP contribution in [0.3, 0.4) is 0 Å². The molecule has 0 atom stereocenters. The zero-order valence-electron chi connectivity index (χ0n) is 9.55. The first-order chi connectivity index (χ1) is 8.13. The zero-order valence-corrected chi connectivity index (χ0v) is 9.55. The molecule has 0 heterocycles. The molecule has 4 heteroatoms. The molecule has 4 nitrogen and oxygen atoms in total. The molecule has 17 heavy (non-hydrogen) atoms. The maximum Gasteiger partial charge on any atom is 0.332 e. The van der Waals surface area contributed by atoms with E-state index in [0.29, 0.717) is 0 Å². The van der Waals surface area contributed by atoms with Crippen molar-refractivity contribution in [3.63, 3.8) is 0 Å². The number of hydrogen-bond acceptors (Lipinski definition) is 3. The van der Waals surface area contributed by atoms with Crippen molar-refractivity contribution >= 4 is 18.0 Å². The van der Waals surface area contributed by atoms with Crippen LogP contribution >= 0.6 is 0 Å². The van der Waals surface area contributed by atoms with Crippen LogP contribution in [0.4, 0.5) is 0 Å². The Bertz CT molecular complexity index is 420. The second kappa shape index (κ2) is 6.48. The molecule has 0 saturated carbocycles. The molecule has 1 rings (SSSR count). The van der Waals surface area contributed by atoms with Crippen molar-refractivity contribution in [1.82, 2.24) is 0 Å². The second-order valence-electron chi connectivity index (χ2n) is 3.37. The second-order valence-corrected chi connectivity index (χ2v) is 3.37. The molecule has 0 radical (unpaired) electrons. The van der Waals surface area contributed by atoms with Gasteiger partial charge in [-0.2, -0.15) is 0 Å². The molecule has 0 aliphatic rings. The fourth-order valence-electron chi connectivity index (χ4n) is 1.31. The summed E-state index contributed by atoms with van der Waals surface area (Å²) >= 11 is 0. The van der Waals surface area contributed by atoms with Gasteiger partial charge < -0.3 is 9.84 Å². The van der Waals surface area contributed by atoms with Crippen LogP contribution in [0.1, 0.15) is 18.9 Å². The van der Waals surface area contributed by atoms with Gasteiger partial charge in [-0.3, -0.25) is 4.79 Å². The van der Waals surface area contributed by atoms with E-state index in [4.69, 9.17) is 9.84 Å². The summed E-state index contributed by atoms with van der Waals surface area (Å²) < 4.78 is 4.72. The van der Waals surface area contributed by atoms with Gasteiger partial charge in [-0.15, -0.1) is 0 Å². The highest BCUT2D eigenvalue weighted by Crippen LogP contribution is 2.11. The standard InChI is InChI=1S/C13H14O4/c1-2-17-12(14)9-11(13(15)16)8-10-6-4-3-5-7-10/h3-8H,2,9H2,1H3,(H,15,16)/b11-8-. The summed E-state index contributed by atoms with van der Waals surface area (Å²) in [6, 6.07) is 8.98. The van der Waals surface area contributed by atoms with Crippen molar-refractivity contribution in [1.29, 1.82) is 0 Å². The predicted molar refractivity (Wildman–Crippen MR) is 63.3 cm³/mol. The minimum absolute atomic E-state index is 0.0228. The van der Waals surface area contributed by atoms with Crippen molar-refractivity contribution in [2.45, 2.75) is 13.3 Å². The number of carbonyl (C=O) groups excluding carboxylic acids is 1. The van der Waals surface area contributed by atoms with Crippen molar-refractivity contribution < 1.29 is 19.4 Å². The van der Waals surface area contributed by atoms with Gasteiger partial charge in [0, 0.05) is 5.57 Å². The van der Waals surface area contributed by atoms with E-state index in [0.717, 1.165) is 5.56 Å². The van der Waals surface area contributed by atoms with Crippen molar-refractivity contribution in [2.24, 2.45) is 0 Å². The molecule has 0 bridgehead atoms. The highest BCUT2D eigenvalue weighted by atomic mass is 16.5. The molecule has 0 fully saturated rings. The Balaban J connectivity index is 2.83. The average molecular weight is 234 g/mol. The minimum atomic E-state index is -1.11. The normalized spacial score (nSPS) is 11.0. The summed E-state index contributed by atoms with van der Waals surface area (Å²) in [5, 5.41) is 8.98. The van der Waals surface area contributed by atoms with Crippen molar-refractivity contribution in [3.05, 3.63) is 41.5 Å². The summed E-state index contributed by atoms with van der Waals surface area (Å²) in [7, 11) is 0. The number of carbonyl (C=O) groups is 2. The Kier molecular flexibility index (Phi) is 4.94. The number of carboxylic acid groups (broad SMARTS) is 1. The number of carboxylic acids is 1. The third-order valence-corrected chi connectivity index (χ3v) is 2.06. The Morgan fingerprint density at radius 2 is 1.94 bits per heavy atom. The lowest BCUT2D eigenvalue weighted by Gasteiger charge is -2.03. The van der Waals surface area contributed by atoms with Crippen LogP contribution in [0.25, 0.3) is 6.08 Å². The summed E-state index contributed by atoms with van der Waals surface area (Å²) in [6.07, 6.45) is 1.25. The van der Waals surface area contributed by atoms with Gasteiger partial charge in [0.25, 0.3) is 0 Å². The van der Waals surface area contributed by atoms with Crippen LogP contribution in [0.15, 0.2) is 35.9 Å². The van der Waals surface area contributed by atoms with Crippen LogP contribution < -0.4 is 0 Å². The van der Waals surface area contributed by atoms with Gasteiger partial charge in [0.1, 0.15) is 0 Å². The molecule has 0 aromatic heterocycles. The smallest absolute Gasteiger partial charge is 0.332 e. The number of esters is 1. The number of ether oxygens (including phenoxy) is 1. The van der Waals surface area contributed by atoms with E-state index in [-0.39, 0.29) is 18.6 Å². The van der Waals surface area contributed by atoms with E-state index in [1.165, 1.54) is 6.08 Å². The SMILES string of the molecule is CCOC(=O)C/C(=C/c1ccccc1)C(=O)O. The molecule has 0 amide bonds. The molecule has 1 aromatic carbocycles. The number of aliphatic carboxylic acids is 1. The lowest BCUT2D eigenvalue weighted by molar-refractivity contribution is -0.144. The molecule has 1 aromatic rings. The first-order valence-electron chi connectivity index (χ1n) is 5.28. The molecule has 0 aliphatic heterocycles. The molecular weight excluding hydrogens is 220 g/mol. The quantitative estimate of drug-likeness (QED) is 0.626. The maximum atomic E-state index is 11.2. The molecule has 0 saturated heterocycles. The average Bonchev–Trinajstić information content (AvgIpc) is 2.29. The summed E-state index contributed by atoms with van der Waals surface area (Å²) in [6.45, 7) is 1.93. The number of hydrogen-bond donors (Lipinski definition) is 1. The maximum absolute atomic E-state index is 11.2. The fourth-order valence-corrected chi connectivity index (χ4v) is 1.31. The van der Waals surface area contributed by atoms with Gasteiger partial charge in [-0.05, 0) is 18.6 Å². The minimum Gasteiger partial charge on any atom is -0.478 e. The fraction of sp³-hybridized carbons (Fsp3) is 0.231. The number of benzene rings is 1. The van der Waals surface area contributed by atoms with E-state index in [9.17, 15) is 9.59 Å². The van der Waals surface area contributed by atoms with Gasteiger partial charge in [0.05, 0.1) is 13.0 Å². The monoisotopic (exact) mass is 234 g/mol. The van der Waals surface area contributed by atoms with Gasteiger partial charge >= 0.3 is 11.9 Å². The van der Waals surface area contributed by atoms with Crippen LogP contribution in [-0.4, -0.2) is 23.7 Å². The molecule has 90 valence electrons. The molecule has 0 aliphatic carbocycles. The largest absolute Gasteiger partial charge is 0.478 e. The highest BCUT2D eigenvalue weighted by Gasteiger charge is 2.13. The van der Waals surface area contributed by atoms with Crippen LogP contribution in [0.2, 0.25) is 0 Å². The van der Waals surface area contributed by atoms with Crippen LogP contribution in [0, 0.1) is 0 Å². The first kappa shape index (κ1) is 13.0. The zero-order chi connectivity index (χ0) is 12.7. The van der Waals surface area contributed by atoms with Crippen molar-refractivity contribution in [3.8, 4) is 0 Å². The third-order valence-electron chi connectivity index (χ3n) is 2.06. The topological polar surface area (TPSA) is 63.6 Å². The van der Waals surface area contributed by atoms with Crippen LogP contribution in [0.5, 0.6) is 0 Å². The van der Waals surface area contributed by atoms with Crippen molar-refractivity contribution in [2.75, 3.05) is 6.61 Å². The van der Waals surface area contributed by atoms with Gasteiger partial charge in [-0.25, -0.2) is 4.79 Å². The Hall–Kier alpha value is -2.10. The summed E-state index contributed by atoms with van der Waals surface area (Å²) in [5.74, 6) is -1.64. The van der Waals surface area contributed by atoms with E-state index in [2.05, 4.69) is 0 Å². The predicted octanol–water partition coefficient (Wildman–Crippen LogP) is 2.11. The molecular formula is C13H14O4. The Labute approximate surface area is 99.5 Å². The van der Waals surface area contributed by atoms with E-state index in [1.54, 1.807) is 31.2 Å². The van der Waals surface area contributed by atoms with E-state index in [1.807, 2.05) is 6.07 Å². The summed E-state index contributed by atoms with van der Waals surface area (Å²) in [5.41, 5.74) is 0.767. The van der Waals surface area contributed by atoms with E-state index >= 15 is 0 Å². The lowest BCUT2D eigenvalue weighted by atomic mass is 10.1. The number of rotatable bonds is 5. The molecule has 0 spiro atoms. The van der Waals surface area contributed by atoms with Gasteiger partial charge in [0.15, 0.2) is 0 Å². The third kappa shape index (κ3) is 4.51. The summed E-state index contributed by atoms with van der Waals surface area (Å²) in [4.78, 5) is 22.2.